The average molecular weight is 201 g/mol. The molecule has 2 N–H and O–H groups in total. The summed E-state index contributed by atoms with van der Waals surface area (Å²) in [7, 11) is 3.98. The molecule has 0 radical (unpaired) electrons. The molecule has 0 rings (SSSR count). The Morgan fingerprint density at radius 1 is 1.36 bits per heavy atom. The molecule has 0 aromatic heterocycles. The molecule has 1 amide bonds. The van der Waals surface area contributed by atoms with Crippen LogP contribution in [0.4, 0.5) is 0 Å². The number of rotatable bonds is 7. The molecule has 0 aromatic rings. The van der Waals surface area contributed by atoms with Crippen LogP contribution in [0.5, 0.6) is 0 Å². The van der Waals surface area contributed by atoms with E-state index in [2.05, 4.69) is 24.5 Å². The van der Waals surface area contributed by atoms with Crippen molar-refractivity contribution in [2.45, 2.75) is 13.8 Å². The standard InChI is InChI=1S/C10H23N3O/c1-9(2)7-11-8-10(14)12-5-6-13(3)4/h9,11H,5-8H2,1-4H3,(H,12,14). The van der Waals surface area contributed by atoms with Crippen LogP contribution < -0.4 is 10.6 Å². The van der Waals surface area contributed by atoms with E-state index < -0.39 is 0 Å². The molecule has 4 nitrogen and oxygen atoms in total. The van der Waals surface area contributed by atoms with Gasteiger partial charge in [-0.25, -0.2) is 0 Å². The summed E-state index contributed by atoms with van der Waals surface area (Å²) in [6.45, 7) is 7.16. The number of nitrogens with one attached hydrogen (secondary N) is 2. The van der Waals surface area contributed by atoms with Crippen molar-refractivity contribution in [2.75, 3.05) is 40.3 Å². The Balaban J connectivity index is 3.28. The minimum atomic E-state index is 0.0764. The largest absolute Gasteiger partial charge is 0.354 e. The van der Waals surface area contributed by atoms with E-state index in [0.717, 1.165) is 19.6 Å². The van der Waals surface area contributed by atoms with E-state index >= 15 is 0 Å². The summed E-state index contributed by atoms with van der Waals surface area (Å²) < 4.78 is 0. The van der Waals surface area contributed by atoms with E-state index in [1.165, 1.54) is 0 Å². The number of hydrogen-bond acceptors (Lipinski definition) is 3. The molecule has 0 spiro atoms. The van der Waals surface area contributed by atoms with E-state index in [0.29, 0.717) is 12.5 Å². The molecule has 0 aliphatic heterocycles. The van der Waals surface area contributed by atoms with E-state index in [9.17, 15) is 4.79 Å². The molecular weight excluding hydrogens is 178 g/mol. The second-order valence-electron chi connectivity index (χ2n) is 4.18. The minimum absolute atomic E-state index is 0.0764. The Morgan fingerprint density at radius 2 is 2.00 bits per heavy atom. The number of nitrogens with zero attached hydrogens (tertiary/aromatic N) is 1. The first-order chi connectivity index (χ1) is 6.52. The van der Waals surface area contributed by atoms with Crippen molar-refractivity contribution >= 4 is 5.91 Å². The summed E-state index contributed by atoms with van der Waals surface area (Å²) >= 11 is 0. The van der Waals surface area contributed by atoms with Crippen molar-refractivity contribution in [1.29, 1.82) is 0 Å². The van der Waals surface area contributed by atoms with Gasteiger partial charge in [-0.2, -0.15) is 0 Å². The molecule has 14 heavy (non-hydrogen) atoms. The van der Waals surface area contributed by atoms with Gasteiger partial charge in [-0.15, -0.1) is 0 Å². The van der Waals surface area contributed by atoms with Crippen LogP contribution in [-0.2, 0) is 4.79 Å². The Kier molecular flexibility index (Phi) is 7.42. The van der Waals surface area contributed by atoms with Crippen LogP contribution in [0.15, 0.2) is 0 Å². The van der Waals surface area contributed by atoms with Crippen molar-refractivity contribution in [3.05, 3.63) is 0 Å². The molecule has 0 saturated carbocycles. The van der Waals surface area contributed by atoms with Crippen LogP contribution >= 0.6 is 0 Å². The SMILES string of the molecule is CC(C)CNCC(=O)NCCN(C)C. The van der Waals surface area contributed by atoms with Crippen LogP contribution in [0.25, 0.3) is 0 Å². The highest BCUT2D eigenvalue weighted by atomic mass is 16.1. The molecule has 0 fully saturated rings. The van der Waals surface area contributed by atoms with E-state index in [1.807, 2.05) is 19.0 Å². The number of amides is 1. The van der Waals surface area contributed by atoms with E-state index in [1.54, 1.807) is 0 Å². The summed E-state index contributed by atoms with van der Waals surface area (Å²) in [5.41, 5.74) is 0. The summed E-state index contributed by atoms with van der Waals surface area (Å²) in [5.74, 6) is 0.664. The third-order valence-electron chi connectivity index (χ3n) is 1.72. The maximum absolute atomic E-state index is 11.2. The monoisotopic (exact) mass is 201 g/mol. The molecule has 0 heterocycles. The number of likely N-dealkylation sites (N-methyl/N-ethyl adjacent to an activating group) is 1. The molecule has 0 bridgehead atoms. The highest BCUT2D eigenvalue weighted by molar-refractivity contribution is 5.77. The second kappa shape index (κ2) is 7.76. The van der Waals surface area contributed by atoms with Gasteiger partial charge in [-0.05, 0) is 26.6 Å². The second-order valence-corrected chi connectivity index (χ2v) is 4.18. The lowest BCUT2D eigenvalue weighted by Crippen LogP contribution is -2.38. The van der Waals surface area contributed by atoms with Gasteiger partial charge in [-0.1, -0.05) is 13.8 Å². The van der Waals surface area contributed by atoms with E-state index in [4.69, 9.17) is 0 Å². The zero-order valence-corrected chi connectivity index (χ0v) is 9.76. The maximum atomic E-state index is 11.2. The maximum Gasteiger partial charge on any atom is 0.234 e. The summed E-state index contributed by atoms with van der Waals surface area (Å²) in [4.78, 5) is 13.3. The molecule has 84 valence electrons. The van der Waals surface area contributed by atoms with Crippen LogP contribution in [0, 0.1) is 5.92 Å². The van der Waals surface area contributed by atoms with Gasteiger partial charge in [0.05, 0.1) is 6.54 Å². The predicted molar refractivity (Wildman–Crippen MR) is 59.3 cm³/mol. The molecule has 0 atom stereocenters. The average Bonchev–Trinajstić information content (AvgIpc) is 2.02. The normalized spacial score (nSPS) is 11.0. The van der Waals surface area contributed by atoms with Crippen molar-refractivity contribution in [3.63, 3.8) is 0 Å². The summed E-state index contributed by atoms with van der Waals surface area (Å²) in [6.07, 6.45) is 0. The molecule has 0 unspecified atom stereocenters. The van der Waals surface area contributed by atoms with Crippen molar-refractivity contribution in [2.24, 2.45) is 5.92 Å². The third-order valence-corrected chi connectivity index (χ3v) is 1.72. The number of hydrogen-bond donors (Lipinski definition) is 2. The van der Waals surface area contributed by atoms with E-state index in [-0.39, 0.29) is 5.91 Å². The predicted octanol–water partition coefficient (Wildman–Crippen LogP) is -0.0902. The van der Waals surface area contributed by atoms with Crippen LogP contribution in [0.1, 0.15) is 13.8 Å². The molecular formula is C10H23N3O. The number of carbonyl (C=O) groups excluding carboxylic acids is 1. The summed E-state index contributed by atoms with van der Waals surface area (Å²) in [6, 6.07) is 0. The molecule has 4 heteroatoms. The summed E-state index contributed by atoms with van der Waals surface area (Å²) in [5, 5.41) is 5.94. The fourth-order valence-electron chi connectivity index (χ4n) is 0.956. The van der Waals surface area contributed by atoms with Crippen LogP contribution in [0.2, 0.25) is 0 Å². The Hall–Kier alpha value is -0.610. The fraction of sp³-hybridized carbons (Fsp3) is 0.900. The van der Waals surface area contributed by atoms with Crippen molar-refractivity contribution in [1.82, 2.24) is 15.5 Å². The lowest BCUT2D eigenvalue weighted by Gasteiger charge is -2.11. The zero-order chi connectivity index (χ0) is 11.0. The lowest BCUT2D eigenvalue weighted by atomic mass is 10.2. The first-order valence-corrected chi connectivity index (χ1v) is 5.14. The number of carbonyl (C=O) groups is 1. The first-order valence-electron chi connectivity index (χ1n) is 5.14. The van der Waals surface area contributed by atoms with Gasteiger partial charge in [0.15, 0.2) is 0 Å². The smallest absolute Gasteiger partial charge is 0.234 e. The molecule has 0 aliphatic carbocycles. The fourth-order valence-corrected chi connectivity index (χ4v) is 0.956. The first kappa shape index (κ1) is 13.4. The van der Waals surface area contributed by atoms with Crippen LogP contribution in [0.3, 0.4) is 0 Å². The highest BCUT2D eigenvalue weighted by Crippen LogP contribution is 1.85. The van der Waals surface area contributed by atoms with Crippen LogP contribution in [-0.4, -0.2) is 51.1 Å². The quantitative estimate of drug-likeness (QED) is 0.605. The Labute approximate surface area is 87.0 Å². The lowest BCUT2D eigenvalue weighted by molar-refractivity contribution is -0.120. The topological polar surface area (TPSA) is 44.4 Å². The van der Waals surface area contributed by atoms with Gasteiger partial charge in [0.1, 0.15) is 0 Å². The van der Waals surface area contributed by atoms with Gasteiger partial charge in [0.25, 0.3) is 0 Å². The molecule has 0 saturated heterocycles. The van der Waals surface area contributed by atoms with Gasteiger partial charge in [0, 0.05) is 13.1 Å². The zero-order valence-electron chi connectivity index (χ0n) is 9.76. The Bertz CT molecular complexity index is 141. The highest BCUT2D eigenvalue weighted by Gasteiger charge is 2.00. The Morgan fingerprint density at radius 3 is 2.50 bits per heavy atom. The van der Waals surface area contributed by atoms with Crippen molar-refractivity contribution in [3.8, 4) is 0 Å². The van der Waals surface area contributed by atoms with Gasteiger partial charge in [0.2, 0.25) is 5.91 Å². The minimum Gasteiger partial charge on any atom is -0.354 e. The van der Waals surface area contributed by atoms with Gasteiger partial charge < -0.3 is 15.5 Å². The molecule has 0 aliphatic rings. The van der Waals surface area contributed by atoms with Gasteiger partial charge >= 0.3 is 0 Å². The van der Waals surface area contributed by atoms with Gasteiger partial charge in [-0.3, -0.25) is 4.79 Å². The van der Waals surface area contributed by atoms with Crippen molar-refractivity contribution < 1.29 is 4.79 Å². The molecule has 0 aromatic carbocycles. The third kappa shape index (κ3) is 9.48.